The Balaban J connectivity index is 2.14. The molecule has 0 aliphatic rings. The molecule has 0 aliphatic heterocycles. The molecule has 2 aromatic carbocycles. The van der Waals surface area contributed by atoms with E-state index in [9.17, 15) is 0 Å². The molecule has 2 aromatic rings. The van der Waals surface area contributed by atoms with Gasteiger partial charge >= 0.3 is 0 Å². The predicted molar refractivity (Wildman–Crippen MR) is 79.8 cm³/mol. The summed E-state index contributed by atoms with van der Waals surface area (Å²) in [7, 11) is 0. The Bertz CT molecular complexity index is 520. The van der Waals surface area contributed by atoms with E-state index >= 15 is 0 Å². The van der Waals surface area contributed by atoms with Crippen molar-refractivity contribution in [1.82, 2.24) is 0 Å². The second-order valence-electron chi connectivity index (χ2n) is 4.57. The van der Waals surface area contributed by atoms with Crippen LogP contribution in [0.5, 0.6) is 11.5 Å². The van der Waals surface area contributed by atoms with Crippen LogP contribution in [0.1, 0.15) is 26.2 Å². The Morgan fingerprint density at radius 1 is 0.895 bits per heavy atom. The van der Waals surface area contributed by atoms with Gasteiger partial charge in [-0.3, -0.25) is 0 Å². The molecule has 2 nitrogen and oxygen atoms in total. The third-order valence-electron chi connectivity index (χ3n) is 2.92. The lowest BCUT2D eigenvalue weighted by molar-refractivity contribution is 0.312. The lowest BCUT2D eigenvalue weighted by Crippen LogP contribution is -1.96. The second-order valence-corrected chi connectivity index (χ2v) is 4.57. The van der Waals surface area contributed by atoms with Crippen molar-refractivity contribution in [2.45, 2.75) is 26.2 Å². The fourth-order valence-electron chi connectivity index (χ4n) is 1.89. The highest BCUT2D eigenvalue weighted by molar-refractivity contribution is 5.85. The molecule has 0 saturated carbocycles. The predicted octanol–water partition coefficient (Wildman–Crippen LogP) is 4.62. The van der Waals surface area contributed by atoms with E-state index in [1.165, 1.54) is 5.39 Å². The van der Waals surface area contributed by atoms with Gasteiger partial charge in [0.05, 0.1) is 13.2 Å². The summed E-state index contributed by atoms with van der Waals surface area (Å²) in [6, 6.07) is 12.3. The zero-order chi connectivity index (χ0) is 13.5. The SMILES string of the molecule is [CH2]CCCOc1ccc2ccc(OCCC)cc2c1. The van der Waals surface area contributed by atoms with E-state index in [2.05, 4.69) is 38.1 Å². The summed E-state index contributed by atoms with van der Waals surface area (Å²) >= 11 is 0. The van der Waals surface area contributed by atoms with Gasteiger partial charge in [-0.2, -0.15) is 0 Å². The average molecular weight is 257 g/mol. The molecule has 1 radical (unpaired) electrons. The minimum atomic E-state index is 0.723. The van der Waals surface area contributed by atoms with Gasteiger partial charge in [0.1, 0.15) is 11.5 Å². The Morgan fingerprint density at radius 2 is 1.53 bits per heavy atom. The topological polar surface area (TPSA) is 18.5 Å². The van der Waals surface area contributed by atoms with E-state index in [0.29, 0.717) is 0 Å². The molecule has 0 heterocycles. The van der Waals surface area contributed by atoms with Crippen LogP contribution in [0.2, 0.25) is 0 Å². The Kier molecular flexibility index (Phi) is 5.08. The zero-order valence-electron chi connectivity index (χ0n) is 11.5. The van der Waals surface area contributed by atoms with E-state index in [4.69, 9.17) is 9.47 Å². The summed E-state index contributed by atoms with van der Waals surface area (Å²) in [4.78, 5) is 0. The maximum absolute atomic E-state index is 5.69. The molecule has 0 unspecified atom stereocenters. The first-order valence-electron chi connectivity index (χ1n) is 6.92. The molecule has 0 aromatic heterocycles. The first-order chi connectivity index (χ1) is 9.33. The summed E-state index contributed by atoms with van der Waals surface area (Å²) in [5, 5.41) is 2.36. The van der Waals surface area contributed by atoms with Gasteiger partial charge in [-0.1, -0.05) is 32.4 Å². The van der Waals surface area contributed by atoms with Crippen LogP contribution >= 0.6 is 0 Å². The summed E-state index contributed by atoms with van der Waals surface area (Å²) in [5.41, 5.74) is 0. The molecule has 0 bridgehead atoms. The van der Waals surface area contributed by atoms with Crippen molar-refractivity contribution in [3.05, 3.63) is 43.3 Å². The van der Waals surface area contributed by atoms with Crippen molar-refractivity contribution in [2.75, 3.05) is 13.2 Å². The lowest BCUT2D eigenvalue weighted by Gasteiger charge is -2.08. The summed E-state index contributed by atoms with van der Waals surface area (Å²) < 4.78 is 11.3. The van der Waals surface area contributed by atoms with E-state index in [1.54, 1.807) is 0 Å². The molecule has 2 rings (SSSR count). The number of benzene rings is 2. The first-order valence-corrected chi connectivity index (χ1v) is 6.92. The largest absolute Gasteiger partial charge is 0.494 e. The van der Waals surface area contributed by atoms with Crippen molar-refractivity contribution in [3.8, 4) is 11.5 Å². The Morgan fingerprint density at radius 3 is 2.11 bits per heavy atom. The van der Waals surface area contributed by atoms with Crippen LogP contribution in [-0.4, -0.2) is 13.2 Å². The Labute approximate surface area is 115 Å². The normalized spacial score (nSPS) is 10.6. The van der Waals surface area contributed by atoms with Gasteiger partial charge < -0.3 is 9.47 Å². The quantitative estimate of drug-likeness (QED) is 0.674. The second kappa shape index (κ2) is 7.03. The molecule has 0 saturated heterocycles. The summed E-state index contributed by atoms with van der Waals surface area (Å²) in [6.45, 7) is 7.40. The maximum atomic E-state index is 5.69. The highest BCUT2D eigenvalue weighted by atomic mass is 16.5. The fraction of sp³-hybridized carbons (Fsp3) is 0.353. The van der Waals surface area contributed by atoms with E-state index in [-0.39, 0.29) is 0 Å². The molecule has 0 N–H and O–H groups in total. The van der Waals surface area contributed by atoms with Gasteiger partial charge in [-0.05, 0) is 47.9 Å². The molecule has 101 valence electrons. The molecular formula is C17H21O2. The number of unbranched alkanes of at least 4 members (excludes halogenated alkanes) is 1. The van der Waals surface area contributed by atoms with Gasteiger partial charge in [0, 0.05) is 0 Å². The zero-order valence-corrected chi connectivity index (χ0v) is 11.5. The average Bonchev–Trinajstić information content (AvgIpc) is 2.45. The number of ether oxygens (including phenoxy) is 2. The molecular weight excluding hydrogens is 236 g/mol. The highest BCUT2D eigenvalue weighted by Gasteiger charge is 2.00. The molecule has 19 heavy (non-hydrogen) atoms. The third-order valence-corrected chi connectivity index (χ3v) is 2.92. The van der Waals surface area contributed by atoms with Crippen molar-refractivity contribution < 1.29 is 9.47 Å². The third kappa shape index (κ3) is 3.88. The molecule has 0 aliphatic carbocycles. The van der Waals surface area contributed by atoms with Crippen molar-refractivity contribution >= 4 is 10.8 Å². The number of rotatable bonds is 7. The van der Waals surface area contributed by atoms with Crippen LogP contribution in [0.15, 0.2) is 36.4 Å². The molecule has 2 heteroatoms. The minimum absolute atomic E-state index is 0.723. The van der Waals surface area contributed by atoms with Crippen LogP contribution in [0, 0.1) is 6.92 Å². The smallest absolute Gasteiger partial charge is 0.119 e. The van der Waals surface area contributed by atoms with Crippen molar-refractivity contribution in [2.24, 2.45) is 0 Å². The fourth-order valence-corrected chi connectivity index (χ4v) is 1.89. The molecule has 0 amide bonds. The van der Waals surface area contributed by atoms with Crippen LogP contribution in [-0.2, 0) is 0 Å². The number of hydrogen-bond acceptors (Lipinski definition) is 2. The summed E-state index contributed by atoms with van der Waals surface area (Å²) in [6.07, 6.45) is 2.91. The summed E-state index contributed by atoms with van der Waals surface area (Å²) in [5.74, 6) is 1.83. The molecule has 0 spiro atoms. The molecule has 0 atom stereocenters. The van der Waals surface area contributed by atoms with Gasteiger partial charge in [0.2, 0.25) is 0 Å². The monoisotopic (exact) mass is 257 g/mol. The van der Waals surface area contributed by atoms with E-state index < -0.39 is 0 Å². The number of hydrogen-bond donors (Lipinski definition) is 0. The molecule has 0 fully saturated rings. The van der Waals surface area contributed by atoms with Crippen molar-refractivity contribution in [3.63, 3.8) is 0 Å². The van der Waals surface area contributed by atoms with Gasteiger partial charge in [0.15, 0.2) is 0 Å². The van der Waals surface area contributed by atoms with Crippen LogP contribution < -0.4 is 9.47 Å². The van der Waals surface area contributed by atoms with Crippen LogP contribution in [0.4, 0.5) is 0 Å². The standard InChI is InChI=1S/C17H21O2/c1-3-5-11-19-17-9-7-14-6-8-16(18-10-4-2)12-15(14)13-17/h6-9,12-13H,1,3-5,10-11H2,2H3. The minimum Gasteiger partial charge on any atom is -0.494 e. The van der Waals surface area contributed by atoms with Crippen LogP contribution in [0.3, 0.4) is 0 Å². The van der Waals surface area contributed by atoms with Gasteiger partial charge in [-0.25, -0.2) is 0 Å². The van der Waals surface area contributed by atoms with E-state index in [0.717, 1.165) is 49.4 Å². The van der Waals surface area contributed by atoms with Gasteiger partial charge in [-0.15, -0.1) is 0 Å². The van der Waals surface area contributed by atoms with E-state index in [1.807, 2.05) is 12.1 Å². The maximum Gasteiger partial charge on any atom is 0.119 e. The highest BCUT2D eigenvalue weighted by Crippen LogP contribution is 2.25. The van der Waals surface area contributed by atoms with Crippen molar-refractivity contribution in [1.29, 1.82) is 0 Å². The number of fused-ring (bicyclic) bond motifs is 1. The first kappa shape index (κ1) is 13.7. The van der Waals surface area contributed by atoms with Crippen LogP contribution in [0.25, 0.3) is 10.8 Å². The lowest BCUT2D eigenvalue weighted by atomic mass is 10.1. The van der Waals surface area contributed by atoms with Gasteiger partial charge in [0.25, 0.3) is 0 Å². The Hall–Kier alpha value is -1.70.